The predicted octanol–water partition coefficient (Wildman–Crippen LogP) is 2.30. The first-order valence-electron chi connectivity index (χ1n) is 5.86. The standard InChI is InChI=1S/C13H14ClN3O2S/c1-9-2-4-11(14)12(6-9)17-20(18,19)13-5-3-10(7-15)8-16-13/h2-6,8,17H,7,15H2,1H3. The van der Waals surface area contributed by atoms with Crippen LogP contribution < -0.4 is 10.5 Å². The largest absolute Gasteiger partial charge is 0.326 e. The second kappa shape index (κ2) is 5.78. The Morgan fingerprint density at radius 3 is 2.65 bits per heavy atom. The van der Waals surface area contributed by atoms with E-state index < -0.39 is 10.0 Å². The van der Waals surface area contributed by atoms with Gasteiger partial charge in [-0.25, -0.2) is 4.98 Å². The molecule has 0 saturated heterocycles. The van der Waals surface area contributed by atoms with E-state index in [0.29, 0.717) is 17.3 Å². The highest BCUT2D eigenvalue weighted by Crippen LogP contribution is 2.25. The van der Waals surface area contributed by atoms with Crippen molar-refractivity contribution in [2.45, 2.75) is 18.5 Å². The minimum Gasteiger partial charge on any atom is -0.326 e. The number of nitrogens with one attached hydrogen (secondary N) is 1. The lowest BCUT2D eigenvalue weighted by Gasteiger charge is -2.10. The summed E-state index contributed by atoms with van der Waals surface area (Å²) in [6, 6.07) is 8.13. The Kier molecular flexibility index (Phi) is 4.27. The fourth-order valence-electron chi connectivity index (χ4n) is 1.61. The molecule has 2 rings (SSSR count). The third-order valence-corrected chi connectivity index (χ3v) is 4.29. The normalized spacial score (nSPS) is 11.3. The van der Waals surface area contributed by atoms with Gasteiger partial charge >= 0.3 is 0 Å². The third-order valence-electron chi connectivity index (χ3n) is 2.67. The maximum atomic E-state index is 12.2. The van der Waals surface area contributed by atoms with Gasteiger partial charge in [0, 0.05) is 12.7 Å². The Morgan fingerprint density at radius 2 is 2.05 bits per heavy atom. The molecule has 0 bridgehead atoms. The maximum absolute atomic E-state index is 12.2. The van der Waals surface area contributed by atoms with Crippen LogP contribution in [0, 0.1) is 6.92 Å². The monoisotopic (exact) mass is 311 g/mol. The number of nitrogens with zero attached hydrogens (tertiary/aromatic N) is 1. The van der Waals surface area contributed by atoms with Crippen molar-refractivity contribution < 1.29 is 8.42 Å². The number of anilines is 1. The van der Waals surface area contributed by atoms with Crippen LogP contribution >= 0.6 is 11.6 Å². The molecule has 1 heterocycles. The molecule has 0 aliphatic carbocycles. The van der Waals surface area contributed by atoms with Gasteiger partial charge in [-0.1, -0.05) is 23.7 Å². The summed E-state index contributed by atoms with van der Waals surface area (Å²) in [5.41, 5.74) is 7.44. The fourth-order valence-corrected chi connectivity index (χ4v) is 2.83. The summed E-state index contributed by atoms with van der Waals surface area (Å²) in [5, 5.41) is 0.255. The van der Waals surface area contributed by atoms with Crippen molar-refractivity contribution in [1.29, 1.82) is 0 Å². The van der Waals surface area contributed by atoms with E-state index in [-0.39, 0.29) is 5.03 Å². The van der Waals surface area contributed by atoms with Crippen LogP contribution in [0.2, 0.25) is 5.02 Å². The number of rotatable bonds is 4. The van der Waals surface area contributed by atoms with E-state index in [1.54, 1.807) is 24.3 Å². The molecule has 20 heavy (non-hydrogen) atoms. The van der Waals surface area contributed by atoms with Crippen LogP contribution in [0.1, 0.15) is 11.1 Å². The van der Waals surface area contributed by atoms with Crippen LogP contribution in [-0.2, 0) is 16.6 Å². The summed E-state index contributed by atoms with van der Waals surface area (Å²) in [6.07, 6.45) is 1.44. The van der Waals surface area contributed by atoms with E-state index in [4.69, 9.17) is 17.3 Å². The van der Waals surface area contributed by atoms with Gasteiger partial charge in [0.25, 0.3) is 10.0 Å². The smallest absolute Gasteiger partial charge is 0.279 e. The SMILES string of the molecule is Cc1ccc(Cl)c(NS(=O)(=O)c2ccc(CN)cn2)c1. The Bertz CT molecular complexity index is 715. The highest BCUT2D eigenvalue weighted by molar-refractivity contribution is 7.92. The number of halogens is 1. The van der Waals surface area contributed by atoms with Gasteiger partial charge in [-0.3, -0.25) is 4.72 Å². The van der Waals surface area contributed by atoms with Gasteiger partial charge in [-0.2, -0.15) is 8.42 Å². The molecule has 0 aliphatic heterocycles. The summed E-state index contributed by atoms with van der Waals surface area (Å²) in [6.45, 7) is 2.16. The van der Waals surface area contributed by atoms with E-state index >= 15 is 0 Å². The van der Waals surface area contributed by atoms with Crippen LogP contribution in [0.4, 0.5) is 5.69 Å². The Balaban J connectivity index is 2.32. The zero-order valence-corrected chi connectivity index (χ0v) is 12.4. The number of nitrogens with two attached hydrogens (primary N) is 1. The molecule has 0 atom stereocenters. The molecule has 0 fully saturated rings. The predicted molar refractivity (Wildman–Crippen MR) is 79.1 cm³/mol. The minimum absolute atomic E-state index is 0.0766. The van der Waals surface area contributed by atoms with E-state index in [1.165, 1.54) is 12.3 Å². The number of aryl methyl sites for hydroxylation is 1. The number of hydrogen-bond acceptors (Lipinski definition) is 4. The molecule has 0 spiro atoms. The molecule has 0 radical (unpaired) electrons. The van der Waals surface area contributed by atoms with Gasteiger partial charge in [0.2, 0.25) is 0 Å². The molecule has 1 aromatic heterocycles. The van der Waals surface area contributed by atoms with Crippen molar-refractivity contribution in [2.75, 3.05) is 4.72 Å². The van der Waals surface area contributed by atoms with Crippen molar-refractivity contribution in [1.82, 2.24) is 4.98 Å². The lowest BCUT2D eigenvalue weighted by Crippen LogP contribution is -2.15. The average Bonchev–Trinajstić information content (AvgIpc) is 2.43. The second-order valence-corrected chi connectivity index (χ2v) is 6.33. The molecule has 2 aromatic rings. The first kappa shape index (κ1) is 14.8. The van der Waals surface area contributed by atoms with E-state index in [9.17, 15) is 8.42 Å². The summed E-state index contributed by atoms with van der Waals surface area (Å²) < 4.78 is 26.8. The molecule has 1 aromatic carbocycles. The van der Waals surface area contributed by atoms with E-state index in [2.05, 4.69) is 9.71 Å². The quantitative estimate of drug-likeness (QED) is 0.907. The van der Waals surface area contributed by atoms with Crippen LogP contribution in [-0.4, -0.2) is 13.4 Å². The van der Waals surface area contributed by atoms with Crippen molar-refractivity contribution in [3.8, 4) is 0 Å². The van der Waals surface area contributed by atoms with Crippen LogP contribution in [0.25, 0.3) is 0 Å². The van der Waals surface area contributed by atoms with Crippen LogP contribution in [0.5, 0.6) is 0 Å². The first-order valence-corrected chi connectivity index (χ1v) is 7.72. The van der Waals surface area contributed by atoms with Gasteiger partial charge < -0.3 is 5.73 Å². The van der Waals surface area contributed by atoms with Crippen molar-refractivity contribution in [2.24, 2.45) is 5.73 Å². The summed E-state index contributed by atoms with van der Waals surface area (Å²) in [7, 11) is -3.76. The maximum Gasteiger partial charge on any atom is 0.279 e. The number of pyridine rings is 1. The number of hydrogen-bond donors (Lipinski definition) is 2. The first-order chi connectivity index (χ1) is 9.42. The van der Waals surface area contributed by atoms with E-state index in [1.807, 2.05) is 6.92 Å². The molecule has 0 amide bonds. The Labute approximate surface area is 122 Å². The molecule has 106 valence electrons. The topological polar surface area (TPSA) is 85.1 Å². The molecular formula is C13H14ClN3O2S. The third kappa shape index (κ3) is 3.27. The number of sulfonamides is 1. The zero-order chi connectivity index (χ0) is 14.8. The summed E-state index contributed by atoms with van der Waals surface area (Å²) in [4.78, 5) is 3.90. The molecule has 0 saturated carbocycles. The molecule has 7 heteroatoms. The summed E-state index contributed by atoms with van der Waals surface area (Å²) >= 11 is 5.97. The molecular weight excluding hydrogens is 298 g/mol. The van der Waals surface area contributed by atoms with Gasteiger partial charge in [0.1, 0.15) is 0 Å². The molecule has 3 N–H and O–H groups in total. The number of aromatic nitrogens is 1. The van der Waals surface area contributed by atoms with Gasteiger partial charge in [-0.15, -0.1) is 0 Å². The Hall–Kier alpha value is -1.63. The summed E-state index contributed by atoms with van der Waals surface area (Å²) in [5.74, 6) is 0. The van der Waals surface area contributed by atoms with Crippen molar-refractivity contribution >= 4 is 27.3 Å². The fraction of sp³-hybridized carbons (Fsp3) is 0.154. The average molecular weight is 312 g/mol. The molecule has 0 unspecified atom stereocenters. The van der Waals surface area contributed by atoms with Gasteiger partial charge in [0.15, 0.2) is 5.03 Å². The molecule has 0 aliphatic rings. The van der Waals surface area contributed by atoms with Gasteiger partial charge in [-0.05, 0) is 36.2 Å². The second-order valence-electron chi connectivity index (χ2n) is 4.30. The van der Waals surface area contributed by atoms with Gasteiger partial charge in [0.05, 0.1) is 10.7 Å². The highest BCUT2D eigenvalue weighted by Gasteiger charge is 2.17. The van der Waals surface area contributed by atoms with Crippen LogP contribution in [0.15, 0.2) is 41.6 Å². The lowest BCUT2D eigenvalue weighted by atomic mass is 10.2. The highest BCUT2D eigenvalue weighted by atomic mass is 35.5. The van der Waals surface area contributed by atoms with E-state index in [0.717, 1.165) is 11.1 Å². The zero-order valence-electron chi connectivity index (χ0n) is 10.8. The van der Waals surface area contributed by atoms with Crippen molar-refractivity contribution in [3.05, 3.63) is 52.7 Å². The lowest BCUT2D eigenvalue weighted by molar-refractivity contribution is 0.597. The number of benzene rings is 1. The molecule has 5 nitrogen and oxygen atoms in total. The minimum atomic E-state index is -3.76. The Morgan fingerprint density at radius 1 is 1.30 bits per heavy atom. The van der Waals surface area contributed by atoms with Crippen LogP contribution in [0.3, 0.4) is 0 Å². The van der Waals surface area contributed by atoms with Crippen molar-refractivity contribution in [3.63, 3.8) is 0 Å².